The van der Waals surface area contributed by atoms with Crippen LogP contribution < -0.4 is 14.4 Å². The van der Waals surface area contributed by atoms with Gasteiger partial charge in [-0.25, -0.2) is 27.5 Å². The van der Waals surface area contributed by atoms with E-state index in [2.05, 4.69) is 30.6 Å². The van der Waals surface area contributed by atoms with Gasteiger partial charge >= 0.3 is 0 Å². The van der Waals surface area contributed by atoms with Crippen molar-refractivity contribution in [1.82, 2.24) is 24.5 Å². The van der Waals surface area contributed by atoms with Crippen LogP contribution >= 0.6 is 0 Å². The number of amides is 1. The summed E-state index contributed by atoms with van der Waals surface area (Å²) in [6.45, 7) is 10.4. The fraction of sp³-hybridized carbons (Fsp3) is 0.625. The summed E-state index contributed by atoms with van der Waals surface area (Å²) in [6, 6.07) is 5.58. The van der Waals surface area contributed by atoms with Crippen molar-refractivity contribution in [3.63, 3.8) is 0 Å². The molecule has 2 aromatic rings. The number of halogens is 1. The average molecular weight is 658 g/mol. The lowest BCUT2D eigenvalue weighted by molar-refractivity contribution is -0.0299. The number of nitriles is 1. The number of ether oxygens (including phenoxy) is 2. The molecule has 3 aliphatic rings. The molecule has 14 heteroatoms. The fourth-order valence-corrected chi connectivity index (χ4v) is 7.38. The zero-order valence-corrected chi connectivity index (χ0v) is 27.6. The van der Waals surface area contributed by atoms with Gasteiger partial charge < -0.3 is 24.2 Å². The molecular formula is C32H44FN7O5S. The molecule has 4 heterocycles. The fourth-order valence-electron chi connectivity index (χ4n) is 6.52. The van der Waals surface area contributed by atoms with Gasteiger partial charge in [0.2, 0.25) is 10.0 Å². The Morgan fingerprint density at radius 1 is 1.26 bits per heavy atom. The Bertz CT molecular complexity index is 1510. The third kappa shape index (κ3) is 8.12. The molecule has 0 bridgehead atoms. The monoisotopic (exact) mass is 657 g/mol. The number of sulfonamides is 1. The summed E-state index contributed by atoms with van der Waals surface area (Å²) < 4.78 is 53.0. The van der Waals surface area contributed by atoms with Crippen LogP contribution in [0, 0.1) is 22.6 Å². The number of nitrogens with zero attached hydrogens (tertiary/aromatic N) is 6. The molecule has 1 aromatic carbocycles. The van der Waals surface area contributed by atoms with Gasteiger partial charge in [-0.15, -0.1) is 0 Å². The molecule has 0 aliphatic carbocycles. The van der Waals surface area contributed by atoms with Crippen molar-refractivity contribution in [3.8, 4) is 17.6 Å². The van der Waals surface area contributed by atoms with Gasteiger partial charge in [0.15, 0.2) is 11.6 Å². The van der Waals surface area contributed by atoms with Crippen LogP contribution in [-0.4, -0.2) is 104 Å². The van der Waals surface area contributed by atoms with Gasteiger partial charge in [0, 0.05) is 43.7 Å². The van der Waals surface area contributed by atoms with Gasteiger partial charge in [-0.3, -0.25) is 4.79 Å². The van der Waals surface area contributed by atoms with Crippen LogP contribution in [0.3, 0.4) is 0 Å². The van der Waals surface area contributed by atoms with E-state index < -0.39 is 21.7 Å². The van der Waals surface area contributed by atoms with Crippen molar-refractivity contribution >= 4 is 21.7 Å². The Labute approximate surface area is 270 Å². The van der Waals surface area contributed by atoms with Crippen molar-refractivity contribution in [2.45, 2.75) is 71.1 Å². The van der Waals surface area contributed by atoms with E-state index in [0.29, 0.717) is 18.2 Å². The molecule has 5 rings (SSSR count). The van der Waals surface area contributed by atoms with E-state index in [1.54, 1.807) is 13.1 Å². The molecule has 0 unspecified atom stereocenters. The van der Waals surface area contributed by atoms with Crippen molar-refractivity contribution in [2.75, 3.05) is 56.5 Å². The third-order valence-electron chi connectivity index (χ3n) is 9.23. The van der Waals surface area contributed by atoms with Crippen LogP contribution in [0.5, 0.6) is 11.5 Å². The number of rotatable bonds is 12. The molecule has 46 heavy (non-hydrogen) atoms. The Hall–Kier alpha value is -3.38. The number of nitrogens with one attached hydrogen (secondary N) is 1. The predicted molar refractivity (Wildman–Crippen MR) is 171 cm³/mol. The minimum Gasteiger partial charge on any atom is -0.451 e. The number of hydrogen-bond donors (Lipinski definition) is 1. The van der Waals surface area contributed by atoms with Gasteiger partial charge in [-0.2, -0.15) is 5.26 Å². The van der Waals surface area contributed by atoms with Crippen molar-refractivity contribution in [3.05, 3.63) is 42.1 Å². The van der Waals surface area contributed by atoms with Crippen molar-refractivity contribution in [2.24, 2.45) is 5.41 Å². The van der Waals surface area contributed by atoms with E-state index in [-0.39, 0.29) is 53.6 Å². The highest BCUT2D eigenvalue weighted by Gasteiger charge is 2.46. The molecule has 0 saturated carbocycles. The van der Waals surface area contributed by atoms with Crippen molar-refractivity contribution < 1.29 is 27.1 Å². The van der Waals surface area contributed by atoms with Gasteiger partial charge in [-0.05, 0) is 77.7 Å². The summed E-state index contributed by atoms with van der Waals surface area (Å²) in [5, 5.41) is 9.05. The SMILES string of the molecule is CCS(=O)(=O)N[C@@H]1CC[C@@H](CN2CCC3(CC2)CN(c2ncncc2Oc2ccc(F)cc2C(=O)N(CCC#N)C(C)C)C3)OC1. The quantitative estimate of drug-likeness (QED) is 0.360. The molecule has 1 spiro atoms. The molecule has 3 fully saturated rings. The van der Waals surface area contributed by atoms with E-state index in [4.69, 9.17) is 14.7 Å². The minimum absolute atomic E-state index is 0.0733. The van der Waals surface area contributed by atoms with Gasteiger partial charge in [0.05, 0.1) is 42.7 Å². The van der Waals surface area contributed by atoms with Crippen LogP contribution in [0.4, 0.5) is 10.2 Å². The number of hydrogen-bond acceptors (Lipinski definition) is 10. The molecule has 3 aliphatic heterocycles. The van der Waals surface area contributed by atoms with Gasteiger partial charge in [-0.1, -0.05) is 0 Å². The van der Waals surface area contributed by atoms with E-state index in [0.717, 1.165) is 58.4 Å². The normalized spacial score (nSPS) is 21.5. The lowest BCUT2D eigenvalue weighted by atomic mass is 9.72. The summed E-state index contributed by atoms with van der Waals surface area (Å²) in [5.74, 6) is 0.320. The van der Waals surface area contributed by atoms with Crippen LogP contribution in [0.2, 0.25) is 0 Å². The molecule has 12 nitrogen and oxygen atoms in total. The molecule has 1 aromatic heterocycles. The number of aromatic nitrogens is 2. The number of benzene rings is 1. The average Bonchev–Trinajstić information content (AvgIpc) is 3.02. The molecule has 2 atom stereocenters. The first-order valence-corrected chi connectivity index (χ1v) is 17.7. The van der Waals surface area contributed by atoms with Crippen molar-refractivity contribution in [1.29, 1.82) is 5.26 Å². The minimum atomic E-state index is -3.23. The summed E-state index contributed by atoms with van der Waals surface area (Å²) >= 11 is 0. The highest BCUT2D eigenvalue weighted by atomic mass is 32.2. The number of likely N-dealkylation sites (tertiary alicyclic amines) is 1. The maximum Gasteiger partial charge on any atom is 0.258 e. The Kier molecular flexibility index (Phi) is 10.8. The number of anilines is 1. The Balaban J connectivity index is 1.17. The maximum absolute atomic E-state index is 14.3. The second-order valence-corrected chi connectivity index (χ2v) is 14.9. The predicted octanol–water partition coefficient (Wildman–Crippen LogP) is 3.56. The van der Waals surface area contributed by atoms with Gasteiger partial charge in [0.1, 0.15) is 17.9 Å². The smallest absolute Gasteiger partial charge is 0.258 e. The van der Waals surface area contributed by atoms with Gasteiger partial charge in [0.25, 0.3) is 5.91 Å². The second kappa shape index (κ2) is 14.6. The second-order valence-electron chi connectivity index (χ2n) is 12.9. The van der Waals surface area contributed by atoms with Crippen LogP contribution in [0.15, 0.2) is 30.7 Å². The first kappa shape index (κ1) is 34.0. The third-order valence-corrected chi connectivity index (χ3v) is 10.7. The van der Waals surface area contributed by atoms with E-state index in [1.807, 2.05) is 13.8 Å². The topological polar surface area (TPSA) is 141 Å². The summed E-state index contributed by atoms with van der Waals surface area (Å²) in [4.78, 5) is 28.3. The van der Waals surface area contributed by atoms with Crippen LogP contribution in [0.1, 0.15) is 63.2 Å². The standard InChI is InChI=1S/C32H44FN7O5S/c1-4-46(42,43)37-25-7-8-26(44-19-25)18-38-14-10-32(11-15-38)20-39(21-32)30-29(17-35-22-36-30)45-28-9-6-24(33)16-27(28)31(41)40(23(2)3)13-5-12-34/h6,9,16-17,22-23,25-26,37H,4-5,7-8,10-11,13-15,18-21H2,1-3H3/t25-,26+/m1/s1. The first-order chi connectivity index (χ1) is 22.0. The summed E-state index contributed by atoms with van der Waals surface area (Å²) in [7, 11) is -3.23. The Morgan fingerprint density at radius 2 is 2.02 bits per heavy atom. The molecule has 3 saturated heterocycles. The zero-order valence-electron chi connectivity index (χ0n) is 26.8. The molecule has 0 radical (unpaired) electrons. The number of carbonyl (C=O) groups is 1. The molecule has 1 amide bonds. The first-order valence-electron chi connectivity index (χ1n) is 16.1. The summed E-state index contributed by atoms with van der Waals surface area (Å²) in [5.41, 5.74) is 0.249. The molecule has 1 N–H and O–H groups in total. The van der Waals surface area contributed by atoms with Crippen LogP contribution in [-0.2, 0) is 14.8 Å². The Morgan fingerprint density at radius 3 is 2.67 bits per heavy atom. The maximum atomic E-state index is 14.3. The zero-order chi connectivity index (χ0) is 32.9. The number of carbonyl (C=O) groups excluding carboxylic acids is 1. The summed E-state index contributed by atoms with van der Waals surface area (Å²) in [6.07, 6.45) is 7.01. The lowest BCUT2D eigenvalue weighted by Crippen LogP contribution is -2.61. The lowest BCUT2D eigenvalue weighted by Gasteiger charge is -2.54. The highest BCUT2D eigenvalue weighted by Crippen LogP contribution is 2.45. The highest BCUT2D eigenvalue weighted by molar-refractivity contribution is 7.89. The molecule has 250 valence electrons. The number of piperidine rings is 1. The van der Waals surface area contributed by atoms with Crippen LogP contribution in [0.25, 0.3) is 0 Å². The largest absolute Gasteiger partial charge is 0.451 e. The van der Waals surface area contributed by atoms with E-state index >= 15 is 0 Å². The van der Waals surface area contributed by atoms with E-state index in [1.165, 1.54) is 29.4 Å². The molecular weight excluding hydrogens is 613 g/mol. The van der Waals surface area contributed by atoms with E-state index in [9.17, 15) is 17.6 Å².